The highest BCUT2D eigenvalue weighted by Crippen LogP contribution is 2.05. The zero-order valence-corrected chi connectivity index (χ0v) is 7.92. The molecule has 3 N–H and O–H groups in total. The minimum atomic E-state index is -0.964. The molecular formula is C7H14ClNO4. The van der Waals surface area contributed by atoms with Crippen molar-refractivity contribution in [1.82, 2.24) is 5.32 Å². The maximum Gasteiger partial charge on any atom is 0.329 e. The van der Waals surface area contributed by atoms with E-state index >= 15 is 0 Å². The Labute approximate surface area is 82.5 Å². The maximum absolute atomic E-state index is 10.0. The molecule has 2 atom stereocenters. The Kier molecular flexibility index (Phi) is 5.98. The Morgan fingerprint density at radius 3 is 2.77 bits per heavy atom. The van der Waals surface area contributed by atoms with Crippen molar-refractivity contribution in [3.8, 4) is 0 Å². The number of β-amino-alcohol motifs (C(OH)–C–C–N with tert-alkyl or cyclic N) is 1. The highest BCUT2D eigenvalue weighted by atomic mass is 35.5. The van der Waals surface area contributed by atoms with Gasteiger partial charge >= 0.3 is 5.97 Å². The minimum absolute atomic E-state index is 0. The van der Waals surface area contributed by atoms with E-state index in [0.717, 1.165) is 0 Å². The van der Waals surface area contributed by atoms with Gasteiger partial charge in [-0.3, -0.25) is 0 Å². The fourth-order valence-corrected chi connectivity index (χ4v) is 1.21. The molecule has 0 bridgehead atoms. The number of hydrogen-bond donors (Lipinski definition) is 3. The first kappa shape index (κ1) is 12.6. The maximum atomic E-state index is 10.0. The van der Waals surface area contributed by atoms with Gasteiger partial charge in [0.05, 0.1) is 12.7 Å². The van der Waals surface area contributed by atoms with Gasteiger partial charge in [-0.15, -0.1) is 12.4 Å². The van der Waals surface area contributed by atoms with Crippen molar-refractivity contribution in [3.63, 3.8) is 0 Å². The monoisotopic (exact) mass is 211 g/mol. The number of halogens is 1. The summed E-state index contributed by atoms with van der Waals surface area (Å²) < 4.78 is 4.85. The van der Waals surface area contributed by atoms with Gasteiger partial charge in [0.1, 0.15) is 6.61 Å². The number of hydrogen-bond acceptors (Lipinski definition) is 4. The number of aliphatic hydroxyl groups excluding tert-OH is 1. The van der Waals surface area contributed by atoms with Crippen LogP contribution in [0.2, 0.25) is 0 Å². The lowest BCUT2D eigenvalue weighted by Gasteiger charge is -2.08. The van der Waals surface area contributed by atoms with Crippen molar-refractivity contribution in [2.24, 2.45) is 0 Å². The molecule has 78 valence electrons. The Bertz CT molecular complexity index is 167. The second kappa shape index (κ2) is 6.15. The molecule has 0 aromatic rings. The second-order valence-electron chi connectivity index (χ2n) is 2.90. The number of carbonyl (C=O) groups is 1. The predicted molar refractivity (Wildman–Crippen MR) is 48.1 cm³/mol. The summed E-state index contributed by atoms with van der Waals surface area (Å²) in [6.45, 7) is 0.652. The van der Waals surface area contributed by atoms with Crippen LogP contribution in [0.4, 0.5) is 0 Å². The van der Waals surface area contributed by atoms with Crippen LogP contribution in [-0.4, -0.2) is 48.1 Å². The van der Waals surface area contributed by atoms with E-state index in [1.54, 1.807) is 0 Å². The standard InChI is InChI=1S/C7H13NO4.ClH/c9-6-1-5(8-2-6)3-12-4-7(10)11;/h5-6,8-9H,1-4H2,(H,10,11);1H/t5-,6+;/m0./s1. The molecule has 0 aromatic heterocycles. The molecule has 1 rings (SSSR count). The summed E-state index contributed by atoms with van der Waals surface area (Å²) in [6.07, 6.45) is 0.322. The summed E-state index contributed by atoms with van der Waals surface area (Å²) >= 11 is 0. The largest absolute Gasteiger partial charge is 0.480 e. The third-order valence-electron chi connectivity index (χ3n) is 1.74. The number of rotatable bonds is 4. The van der Waals surface area contributed by atoms with Gasteiger partial charge < -0.3 is 20.3 Å². The van der Waals surface area contributed by atoms with Gasteiger partial charge in [-0.2, -0.15) is 0 Å². The number of carboxylic acids is 1. The third-order valence-corrected chi connectivity index (χ3v) is 1.74. The molecule has 0 aromatic carbocycles. The highest BCUT2D eigenvalue weighted by Gasteiger charge is 2.21. The topological polar surface area (TPSA) is 78.8 Å². The van der Waals surface area contributed by atoms with Crippen LogP contribution in [-0.2, 0) is 9.53 Å². The molecule has 0 radical (unpaired) electrons. The Balaban J connectivity index is 0.00000144. The summed E-state index contributed by atoms with van der Waals surface area (Å²) in [5, 5.41) is 20.3. The van der Waals surface area contributed by atoms with Crippen LogP contribution in [0, 0.1) is 0 Å². The first-order valence-electron chi connectivity index (χ1n) is 3.89. The molecule has 0 saturated carbocycles. The molecule has 1 aliphatic heterocycles. The number of aliphatic hydroxyl groups is 1. The second-order valence-corrected chi connectivity index (χ2v) is 2.90. The van der Waals surface area contributed by atoms with Crippen molar-refractivity contribution >= 4 is 18.4 Å². The molecule has 5 nitrogen and oxygen atoms in total. The summed E-state index contributed by atoms with van der Waals surface area (Å²) in [4.78, 5) is 10.0. The van der Waals surface area contributed by atoms with E-state index in [4.69, 9.17) is 14.9 Å². The van der Waals surface area contributed by atoms with Crippen molar-refractivity contribution in [2.75, 3.05) is 19.8 Å². The highest BCUT2D eigenvalue weighted by molar-refractivity contribution is 5.85. The molecular weight excluding hydrogens is 198 g/mol. The van der Waals surface area contributed by atoms with Gasteiger partial charge in [0.2, 0.25) is 0 Å². The number of nitrogens with one attached hydrogen (secondary N) is 1. The van der Waals surface area contributed by atoms with Gasteiger partial charge in [-0.05, 0) is 6.42 Å². The normalized spacial score (nSPS) is 26.8. The quantitative estimate of drug-likeness (QED) is 0.569. The van der Waals surface area contributed by atoms with Gasteiger partial charge in [0.15, 0.2) is 0 Å². The fourth-order valence-electron chi connectivity index (χ4n) is 1.21. The van der Waals surface area contributed by atoms with Crippen LogP contribution in [0.15, 0.2) is 0 Å². The SMILES string of the molecule is Cl.O=C(O)COC[C@@H]1C[C@@H](O)CN1. The summed E-state index contributed by atoms with van der Waals surface area (Å²) in [7, 11) is 0. The first-order chi connectivity index (χ1) is 5.68. The Hall–Kier alpha value is -0.360. The molecule has 1 fully saturated rings. The average molecular weight is 212 g/mol. The summed E-state index contributed by atoms with van der Waals surface area (Å²) in [6, 6.07) is 0.0966. The number of ether oxygens (including phenoxy) is 1. The van der Waals surface area contributed by atoms with Crippen molar-refractivity contribution in [1.29, 1.82) is 0 Å². The van der Waals surface area contributed by atoms with Crippen LogP contribution >= 0.6 is 12.4 Å². The predicted octanol–water partition coefficient (Wildman–Crippen LogP) is -0.768. The Morgan fingerprint density at radius 1 is 1.62 bits per heavy atom. The molecule has 0 spiro atoms. The van der Waals surface area contributed by atoms with E-state index in [-0.39, 0.29) is 31.2 Å². The van der Waals surface area contributed by atoms with Crippen LogP contribution in [0.3, 0.4) is 0 Å². The van der Waals surface area contributed by atoms with E-state index in [1.165, 1.54) is 0 Å². The molecule has 1 aliphatic rings. The zero-order chi connectivity index (χ0) is 8.97. The fraction of sp³-hybridized carbons (Fsp3) is 0.857. The minimum Gasteiger partial charge on any atom is -0.480 e. The van der Waals surface area contributed by atoms with E-state index in [0.29, 0.717) is 19.6 Å². The van der Waals surface area contributed by atoms with Crippen molar-refractivity contribution in [2.45, 2.75) is 18.6 Å². The van der Waals surface area contributed by atoms with E-state index in [1.807, 2.05) is 0 Å². The first-order valence-corrected chi connectivity index (χ1v) is 3.89. The number of carboxylic acid groups (broad SMARTS) is 1. The molecule has 6 heteroatoms. The van der Waals surface area contributed by atoms with E-state index in [2.05, 4.69) is 5.32 Å². The molecule has 0 aliphatic carbocycles. The third kappa shape index (κ3) is 5.05. The van der Waals surface area contributed by atoms with Crippen LogP contribution < -0.4 is 5.32 Å². The molecule has 1 heterocycles. The summed E-state index contributed by atoms with van der Waals surface area (Å²) in [5.74, 6) is -0.964. The zero-order valence-electron chi connectivity index (χ0n) is 7.10. The lowest BCUT2D eigenvalue weighted by atomic mass is 10.2. The van der Waals surface area contributed by atoms with E-state index < -0.39 is 5.97 Å². The number of aliphatic carboxylic acids is 1. The van der Waals surface area contributed by atoms with Gasteiger partial charge in [-0.1, -0.05) is 0 Å². The lowest BCUT2D eigenvalue weighted by molar-refractivity contribution is -0.142. The average Bonchev–Trinajstić information content (AvgIpc) is 2.35. The van der Waals surface area contributed by atoms with Gasteiger partial charge in [0, 0.05) is 12.6 Å². The molecule has 0 amide bonds. The van der Waals surface area contributed by atoms with Gasteiger partial charge in [-0.25, -0.2) is 4.79 Å². The lowest BCUT2D eigenvalue weighted by Crippen LogP contribution is -2.27. The van der Waals surface area contributed by atoms with Crippen LogP contribution in [0.25, 0.3) is 0 Å². The Morgan fingerprint density at radius 2 is 2.31 bits per heavy atom. The molecule has 1 saturated heterocycles. The molecule has 0 unspecified atom stereocenters. The van der Waals surface area contributed by atoms with Crippen molar-refractivity contribution < 1.29 is 19.7 Å². The smallest absolute Gasteiger partial charge is 0.329 e. The van der Waals surface area contributed by atoms with Crippen LogP contribution in [0.5, 0.6) is 0 Å². The van der Waals surface area contributed by atoms with E-state index in [9.17, 15) is 4.79 Å². The van der Waals surface area contributed by atoms with Crippen molar-refractivity contribution in [3.05, 3.63) is 0 Å². The van der Waals surface area contributed by atoms with Crippen LogP contribution in [0.1, 0.15) is 6.42 Å². The summed E-state index contributed by atoms with van der Waals surface area (Å²) in [5.41, 5.74) is 0. The molecule has 13 heavy (non-hydrogen) atoms. The van der Waals surface area contributed by atoms with Gasteiger partial charge in [0.25, 0.3) is 0 Å².